The number of benzene rings is 1. The van der Waals surface area contributed by atoms with E-state index in [1.54, 1.807) is 12.1 Å². The van der Waals surface area contributed by atoms with Crippen molar-refractivity contribution in [3.63, 3.8) is 0 Å². The summed E-state index contributed by atoms with van der Waals surface area (Å²) in [7, 11) is 0. The van der Waals surface area contributed by atoms with E-state index in [2.05, 4.69) is 4.98 Å². The number of fused-ring (bicyclic) bond motifs is 1. The van der Waals surface area contributed by atoms with Crippen molar-refractivity contribution >= 4 is 10.9 Å². The van der Waals surface area contributed by atoms with Crippen molar-refractivity contribution in [1.82, 2.24) is 4.98 Å². The van der Waals surface area contributed by atoms with Gasteiger partial charge >= 0.3 is 0 Å². The molecule has 0 saturated heterocycles. The van der Waals surface area contributed by atoms with E-state index >= 15 is 0 Å². The molecule has 0 radical (unpaired) electrons. The van der Waals surface area contributed by atoms with Crippen LogP contribution in [0.15, 0.2) is 24.3 Å². The van der Waals surface area contributed by atoms with E-state index in [9.17, 15) is 9.50 Å². The third kappa shape index (κ3) is 2.05. The topological polar surface area (TPSA) is 33.1 Å². The fraction of sp³-hybridized carbons (Fsp3) is 0.400. The fourth-order valence-corrected chi connectivity index (χ4v) is 2.83. The Kier molecular flexibility index (Phi) is 2.90. The summed E-state index contributed by atoms with van der Waals surface area (Å²) in [6, 6.07) is 6.13. The second kappa shape index (κ2) is 4.56. The van der Waals surface area contributed by atoms with Crippen LogP contribution in [0.2, 0.25) is 0 Å². The monoisotopic (exact) mass is 245 g/mol. The maximum Gasteiger partial charge on any atom is 0.138 e. The lowest BCUT2D eigenvalue weighted by Gasteiger charge is -2.22. The quantitative estimate of drug-likeness (QED) is 0.819. The van der Waals surface area contributed by atoms with Crippen molar-refractivity contribution in [3.8, 4) is 5.75 Å². The molecule has 0 spiro atoms. The highest BCUT2D eigenvalue weighted by atomic mass is 19.1. The highest BCUT2D eigenvalue weighted by Crippen LogP contribution is 2.37. The first-order valence-corrected chi connectivity index (χ1v) is 6.53. The van der Waals surface area contributed by atoms with Crippen LogP contribution in [0, 0.1) is 5.82 Å². The largest absolute Gasteiger partial charge is 0.506 e. The summed E-state index contributed by atoms with van der Waals surface area (Å²) in [4.78, 5) is 4.52. The van der Waals surface area contributed by atoms with Crippen molar-refractivity contribution in [2.45, 2.75) is 38.0 Å². The maximum atomic E-state index is 13.1. The number of hydrogen-bond acceptors (Lipinski definition) is 2. The minimum absolute atomic E-state index is 0.208. The Hall–Kier alpha value is -1.64. The summed E-state index contributed by atoms with van der Waals surface area (Å²) in [5, 5.41) is 10.7. The molecule has 0 unspecified atom stereocenters. The molecule has 1 aromatic heterocycles. The predicted molar refractivity (Wildman–Crippen MR) is 69.2 cm³/mol. The third-order valence-electron chi connectivity index (χ3n) is 3.78. The van der Waals surface area contributed by atoms with E-state index in [4.69, 9.17) is 0 Å². The first-order chi connectivity index (χ1) is 8.74. The smallest absolute Gasteiger partial charge is 0.138 e. The summed E-state index contributed by atoms with van der Waals surface area (Å²) < 4.78 is 13.1. The fourth-order valence-electron chi connectivity index (χ4n) is 2.83. The van der Waals surface area contributed by atoms with Gasteiger partial charge in [-0.25, -0.2) is 9.37 Å². The Morgan fingerprint density at radius 1 is 1.11 bits per heavy atom. The molecular weight excluding hydrogens is 229 g/mol. The van der Waals surface area contributed by atoms with Crippen molar-refractivity contribution in [2.24, 2.45) is 0 Å². The standard InChI is InChI=1S/C15H16FNO/c16-12-6-7-13-11(8-12)9-14(18)15(17-13)10-4-2-1-3-5-10/h6-10,18H,1-5H2. The zero-order valence-electron chi connectivity index (χ0n) is 10.2. The Morgan fingerprint density at radius 2 is 1.89 bits per heavy atom. The molecule has 0 atom stereocenters. The minimum atomic E-state index is -0.297. The highest BCUT2D eigenvalue weighted by Gasteiger charge is 2.20. The lowest BCUT2D eigenvalue weighted by molar-refractivity contribution is 0.407. The van der Waals surface area contributed by atoms with Gasteiger partial charge in [0, 0.05) is 11.3 Å². The van der Waals surface area contributed by atoms with E-state index in [0.29, 0.717) is 11.3 Å². The molecule has 1 heterocycles. The summed E-state index contributed by atoms with van der Waals surface area (Å²) >= 11 is 0. The molecule has 1 saturated carbocycles. The number of aromatic hydroxyl groups is 1. The number of rotatable bonds is 1. The van der Waals surface area contributed by atoms with Gasteiger partial charge in [0.05, 0.1) is 11.2 Å². The molecule has 1 fully saturated rings. The summed E-state index contributed by atoms with van der Waals surface area (Å²) in [6.45, 7) is 0. The molecule has 1 aliphatic carbocycles. The zero-order valence-corrected chi connectivity index (χ0v) is 10.2. The van der Waals surface area contributed by atoms with Gasteiger partial charge in [-0.1, -0.05) is 19.3 Å². The molecule has 0 aliphatic heterocycles. The van der Waals surface area contributed by atoms with Gasteiger partial charge in [0.2, 0.25) is 0 Å². The van der Waals surface area contributed by atoms with Crippen LogP contribution in [-0.2, 0) is 0 Å². The molecule has 94 valence electrons. The average molecular weight is 245 g/mol. The zero-order chi connectivity index (χ0) is 12.5. The van der Waals surface area contributed by atoms with E-state index in [0.717, 1.165) is 24.1 Å². The van der Waals surface area contributed by atoms with Gasteiger partial charge < -0.3 is 5.11 Å². The van der Waals surface area contributed by atoms with Crippen molar-refractivity contribution < 1.29 is 9.50 Å². The number of hydrogen-bond donors (Lipinski definition) is 1. The molecule has 18 heavy (non-hydrogen) atoms. The Labute approximate surface area is 105 Å². The number of aromatic nitrogens is 1. The lowest BCUT2D eigenvalue weighted by Crippen LogP contribution is -2.07. The van der Waals surface area contributed by atoms with E-state index in [1.165, 1.54) is 31.4 Å². The first kappa shape index (κ1) is 11.5. The van der Waals surface area contributed by atoms with Crippen molar-refractivity contribution in [2.75, 3.05) is 0 Å². The second-order valence-corrected chi connectivity index (χ2v) is 5.06. The van der Waals surface area contributed by atoms with Gasteiger partial charge in [-0.05, 0) is 37.1 Å². The van der Waals surface area contributed by atoms with Gasteiger partial charge in [-0.15, -0.1) is 0 Å². The van der Waals surface area contributed by atoms with Crippen LogP contribution in [0.5, 0.6) is 5.75 Å². The van der Waals surface area contributed by atoms with Crippen LogP contribution in [0.1, 0.15) is 43.7 Å². The lowest BCUT2D eigenvalue weighted by atomic mass is 9.86. The van der Waals surface area contributed by atoms with Crippen molar-refractivity contribution in [3.05, 3.63) is 35.8 Å². The minimum Gasteiger partial charge on any atom is -0.506 e. The SMILES string of the molecule is Oc1cc2cc(F)ccc2nc1C1CCCCC1. The molecule has 2 nitrogen and oxygen atoms in total. The number of nitrogens with zero attached hydrogens (tertiary/aromatic N) is 1. The number of pyridine rings is 1. The van der Waals surface area contributed by atoms with Crippen LogP contribution < -0.4 is 0 Å². The highest BCUT2D eigenvalue weighted by molar-refractivity contribution is 5.80. The summed E-state index contributed by atoms with van der Waals surface area (Å²) in [6.07, 6.45) is 5.86. The Balaban J connectivity index is 2.06. The van der Waals surface area contributed by atoms with Gasteiger partial charge in [0.1, 0.15) is 11.6 Å². The van der Waals surface area contributed by atoms with Crippen LogP contribution in [0.3, 0.4) is 0 Å². The molecule has 1 N–H and O–H groups in total. The van der Waals surface area contributed by atoms with Gasteiger partial charge in [-0.3, -0.25) is 0 Å². The van der Waals surface area contributed by atoms with Gasteiger partial charge in [0.15, 0.2) is 0 Å². The molecule has 1 aromatic carbocycles. The van der Waals surface area contributed by atoms with Gasteiger partial charge in [0.25, 0.3) is 0 Å². The Morgan fingerprint density at radius 3 is 2.67 bits per heavy atom. The summed E-state index contributed by atoms with van der Waals surface area (Å²) in [5.74, 6) is 0.266. The average Bonchev–Trinajstić information content (AvgIpc) is 2.39. The van der Waals surface area contributed by atoms with Crippen LogP contribution in [0.4, 0.5) is 4.39 Å². The molecular formula is C15H16FNO. The molecule has 1 aliphatic rings. The normalized spacial score (nSPS) is 17.2. The number of halogens is 1. The maximum absolute atomic E-state index is 13.1. The molecule has 3 rings (SSSR count). The molecule has 2 aromatic rings. The van der Waals surface area contributed by atoms with Crippen molar-refractivity contribution in [1.29, 1.82) is 0 Å². The second-order valence-electron chi connectivity index (χ2n) is 5.06. The molecule has 3 heteroatoms. The molecule has 0 bridgehead atoms. The van der Waals surface area contributed by atoms with E-state index in [-0.39, 0.29) is 11.6 Å². The molecule has 0 amide bonds. The van der Waals surface area contributed by atoms with Crippen LogP contribution in [-0.4, -0.2) is 10.1 Å². The Bertz CT molecular complexity index is 576. The third-order valence-corrected chi connectivity index (χ3v) is 3.78. The van der Waals surface area contributed by atoms with E-state index in [1.807, 2.05) is 0 Å². The summed E-state index contributed by atoms with van der Waals surface area (Å²) in [5.41, 5.74) is 1.54. The first-order valence-electron chi connectivity index (χ1n) is 6.53. The van der Waals surface area contributed by atoms with E-state index < -0.39 is 0 Å². The van der Waals surface area contributed by atoms with Crippen LogP contribution >= 0.6 is 0 Å². The van der Waals surface area contributed by atoms with Gasteiger partial charge in [-0.2, -0.15) is 0 Å². The van der Waals surface area contributed by atoms with Crippen LogP contribution in [0.25, 0.3) is 10.9 Å². The predicted octanol–water partition coefficient (Wildman–Crippen LogP) is 4.13.